The third-order valence-electron chi connectivity index (χ3n) is 2.75. The van der Waals surface area contributed by atoms with Gasteiger partial charge in [0.15, 0.2) is 0 Å². The molecule has 1 heterocycles. The fourth-order valence-electron chi connectivity index (χ4n) is 1.94. The van der Waals surface area contributed by atoms with Gasteiger partial charge in [-0.15, -0.1) is 0 Å². The van der Waals surface area contributed by atoms with Crippen LogP contribution in [0.15, 0.2) is 10.2 Å². The highest BCUT2D eigenvalue weighted by molar-refractivity contribution is 9.09. The Bertz CT molecular complexity index is 532. The summed E-state index contributed by atoms with van der Waals surface area (Å²) in [7, 11) is 0. The molecular weight excluding hydrogens is 364 g/mol. The Kier molecular flexibility index (Phi) is 6.93. The van der Waals surface area contributed by atoms with Crippen LogP contribution in [-0.2, 0) is 23.8 Å². The predicted octanol–water partition coefficient (Wildman–Crippen LogP) is 1.96. The van der Waals surface area contributed by atoms with E-state index < -0.39 is 41.2 Å². The Balaban J connectivity index is 3.11. The molecule has 0 spiro atoms. The number of nitrogens with zero attached hydrogens (tertiary/aromatic N) is 6. The van der Waals surface area contributed by atoms with E-state index in [0.717, 1.165) is 0 Å². The molecule has 120 valence electrons. The van der Waals surface area contributed by atoms with Gasteiger partial charge in [0, 0.05) is 23.7 Å². The number of ether oxygens (including phenoxy) is 3. The summed E-state index contributed by atoms with van der Waals surface area (Å²) in [5.41, 5.74) is 17.3. The Labute approximate surface area is 133 Å². The van der Waals surface area contributed by atoms with E-state index in [1.165, 1.54) is 13.8 Å². The van der Waals surface area contributed by atoms with Crippen LogP contribution in [0.5, 0.6) is 0 Å². The first-order valence-corrected chi connectivity index (χ1v) is 7.00. The van der Waals surface area contributed by atoms with E-state index >= 15 is 0 Å². The highest BCUT2D eigenvalue weighted by Crippen LogP contribution is 2.31. The molecule has 1 rings (SSSR count). The van der Waals surface area contributed by atoms with Crippen LogP contribution in [0.4, 0.5) is 0 Å². The average Bonchev–Trinajstić information content (AvgIpc) is 2.43. The number of azide groups is 2. The molecule has 22 heavy (non-hydrogen) atoms. The lowest BCUT2D eigenvalue weighted by atomic mass is 9.96. The smallest absolute Gasteiger partial charge is 0.303 e. The van der Waals surface area contributed by atoms with Crippen LogP contribution in [0.3, 0.4) is 0 Å². The molecule has 0 N–H and O–H groups in total. The van der Waals surface area contributed by atoms with E-state index in [4.69, 9.17) is 25.3 Å². The molecule has 1 aliphatic heterocycles. The molecule has 0 aromatic heterocycles. The van der Waals surface area contributed by atoms with Gasteiger partial charge < -0.3 is 14.2 Å². The van der Waals surface area contributed by atoms with Crippen LogP contribution >= 0.6 is 15.9 Å². The predicted molar refractivity (Wildman–Crippen MR) is 75.6 cm³/mol. The SMILES string of the molecule is CC(=O)OC[C@H]1O[C@H](Br)[C@@H](N=[N+]=[N-])[C@@H](N=[N+]=[N-])[C@@H]1OC(C)=O. The van der Waals surface area contributed by atoms with Crippen LogP contribution in [0, 0.1) is 0 Å². The minimum absolute atomic E-state index is 0.212. The van der Waals surface area contributed by atoms with Crippen LogP contribution in [0.1, 0.15) is 13.8 Å². The Morgan fingerprint density at radius 3 is 2.27 bits per heavy atom. The summed E-state index contributed by atoms with van der Waals surface area (Å²) in [6.45, 7) is 2.16. The fraction of sp³-hybridized carbons (Fsp3) is 0.800. The van der Waals surface area contributed by atoms with E-state index in [1.54, 1.807) is 0 Å². The molecule has 1 fully saturated rings. The lowest BCUT2D eigenvalue weighted by Crippen LogP contribution is -2.57. The molecule has 0 aromatic carbocycles. The van der Waals surface area contributed by atoms with Gasteiger partial charge in [0.25, 0.3) is 0 Å². The number of hydrogen-bond donors (Lipinski definition) is 0. The van der Waals surface area contributed by atoms with Crippen molar-refractivity contribution in [1.82, 2.24) is 0 Å². The van der Waals surface area contributed by atoms with E-state index in [1.807, 2.05) is 0 Å². The molecule has 0 aromatic rings. The lowest BCUT2D eigenvalue weighted by Gasteiger charge is -2.40. The van der Waals surface area contributed by atoms with Gasteiger partial charge >= 0.3 is 11.9 Å². The molecule has 1 saturated heterocycles. The van der Waals surface area contributed by atoms with Crippen molar-refractivity contribution in [1.29, 1.82) is 0 Å². The number of alkyl halides is 1. The second-order valence-corrected chi connectivity index (χ2v) is 5.20. The highest BCUT2D eigenvalue weighted by atomic mass is 79.9. The third-order valence-corrected chi connectivity index (χ3v) is 3.51. The number of carbonyl (C=O) groups is 2. The molecule has 12 heteroatoms. The van der Waals surface area contributed by atoms with Gasteiger partial charge in [0.05, 0.1) is 12.1 Å². The summed E-state index contributed by atoms with van der Waals surface area (Å²) in [4.78, 5) is 27.5. The first-order valence-electron chi connectivity index (χ1n) is 6.09. The summed E-state index contributed by atoms with van der Waals surface area (Å²) < 4.78 is 15.5. The Hall–Kier alpha value is -2.00. The second-order valence-electron chi connectivity index (χ2n) is 4.29. The Morgan fingerprint density at radius 2 is 1.77 bits per heavy atom. The molecule has 1 aliphatic rings. The number of halogens is 1. The summed E-state index contributed by atoms with van der Waals surface area (Å²) in [6.07, 6.45) is -1.94. The van der Waals surface area contributed by atoms with Crippen molar-refractivity contribution < 1.29 is 23.8 Å². The molecule has 0 aliphatic carbocycles. The fourth-order valence-corrected chi connectivity index (χ4v) is 2.63. The molecule has 11 nitrogen and oxygen atoms in total. The van der Waals surface area contributed by atoms with Crippen molar-refractivity contribution >= 4 is 27.9 Å². The zero-order chi connectivity index (χ0) is 16.7. The van der Waals surface area contributed by atoms with Crippen LogP contribution in [-0.4, -0.2) is 47.9 Å². The number of carbonyl (C=O) groups excluding carboxylic acids is 2. The quantitative estimate of drug-likeness (QED) is 0.235. The molecule has 0 radical (unpaired) electrons. The maximum atomic E-state index is 11.3. The van der Waals surface area contributed by atoms with Crippen LogP contribution in [0.2, 0.25) is 0 Å². The van der Waals surface area contributed by atoms with Crippen LogP contribution < -0.4 is 0 Å². The first-order chi connectivity index (χ1) is 10.4. The van der Waals surface area contributed by atoms with Crippen LogP contribution in [0.25, 0.3) is 20.9 Å². The van der Waals surface area contributed by atoms with Crippen molar-refractivity contribution in [3.05, 3.63) is 20.9 Å². The van der Waals surface area contributed by atoms with Gasteiger partial charge in [0.2, 0.25) is 0 Å². The van der Waals surface area contributed by atoms with Gasteiger partial charge in [-0.3, -0.25) is 9.59 Å². The average molecular weight is 377 g/mol. The minimum atomic E-state index is -1.06. The highest BCUT2D eigenvalue weighted by Gasteiger charge is 2.46. The summed E-state index contributed by atoms with van der Waals surface area (Å²) in [5.74, 6) is -1.19. The van der Waals surface area contributed by atoms with Gasteiger partial charge in [-0.25, -0.2) is 0 Å². The zero-order valence-electron chi connectivity index (χ0n) is 11.7. The number of esters is 2. The molecule has 0 bridgehead atoms. The van der Waals surface area contributed by atoms with Gasteiger partial charge in [-0.2, -0.15) is 0 Å². The van der Waals surface area contributed by atoms with Gasteiger partial charge in [-0.05, 0) is 11.1 Å². The van der Waals surface area contributed by atoms with E-state index in [9.17, 15) is 9.59 Å². The first kappa shape index (κ1) is 18.1. The van der Waals surface area contributed by atoms with E-state index in [2.05, 4.69) is 36.0 Å². The molecule has 0 saturated carbocycles. The standard InChI is InChI=1S/C10H13BrN6O5/c1-4(18)20-3-6-9(21-5(2)19)7(14-16-12)8(15-17-13)10(11)22-6/h6-10H,3H2,1-2H3/t6-,7-,8+,9-,10+/m1/s1. The normalized spacial score (nSPS) is 30.4. The Morgan fingerprint density at radius 1 is 1.18 bits per heavy atom. The van der Waals surface area contributed by atoms with E-state index in [0.29, 0.717) is 0 Å². The number of hydrogen-bond acceptors (Lipinski definition) is 7. The summed E-state index contributed by atoms with van der Waals surface area (Å²) >= 11 is 3.16. The monoisotopic (exact) mass is 376 g/mol. The minimum Gasteiger partial charge on any atom is -0.463 e. The van der Waals surface area contributed by atoms with Gasteiger partial charge in [-0.1, -0.05) is 26.2 Å². The maximum Gasteiger partial charge on any atom is 0.303 e. The summed E-state index contributed by atoms with van der Waals surface area (Å²) in [6, 6.07) is -1.94. The van der Waals surface area contributed by atoms with Crippen molar-refractivity contribution in [3.8, 4) is 0 Å². The van der Waals surface area contributed by atoms with Gasteiger partial charge in [0.1, 0.15) is 23.8 Å². The van der Waals surface area contributed by atoms with Crippen molar-refractivity contribution in [2.24, 2.45) is 10.2 Å². The van der Waals surface area contributed by atoms with E-state index in [-0.39, 0.29) is 6.61 Å². The van der Waals surface area contributed by atoms with Crippen molar-refractivity contribution in [2.75, 3.05) is 6.61 Å². The topological polar surface area (TPSA) is 159 Å². The largest absolute Gasteiger partial charge is 0.463 e. The lowest BCUT2D eigenvalue weighted by molar-refractivity contribution is -0.177. The molecule has 0 unspecified atom stereocenters. The third kappa shape index (κ3) is 4.78. The van der Waals surface area contributed by atoms with Crippen molar-refractivity contribution in [3.63, 3.8) is 0 Å². The summed E-state index contributed by atoms with van der Waals surface area (Å²) in [5, 5.41) is 6.23. The maximum absolute atomic E-state index is 11.3. The number of rotatable bonds is 5. The molecule has 0 amide bonds. The molecular formula is C10H13BrN6O5. The zero-order valence-corrected chi connectivity index (χ0v) is 13.3. The second kappa shape index (κ2) is 8.44. The van der Waals surface area contributed by atoms with Crippen molar-refractivity contribution in [2.45, 2.75) is 43.2 Å². The molecule has 5 atom stereocenters.